The molecule has 2 fully saturated rings. The third kappa shape index (κ3) is 1.74. The molecule has 0 saturated heterocycles. The number of rotatable bonds is 3. The highest BCUT2D eigenvalue weighted by atomic mass is 35.5. The number of hydrogen-bond donors (Lipinski definition) is 1. The van der Waals surface area contributed by atoms with Crippen molar-refractivity contribution >= 4 is 17.5 Å². The lowest BCUT2D eigenvalue weighted by Crippen LogP contribution is -2.39. The van der Waals surface area contributed by atoms with Gasteiger partial charge in [-0.15, -0.1) is 11.6 Å². The van der Waals surface area contributed by atoms with Crippen LogP contribution in [-0.2, 0) is 4.79 Å². The maximum Gasteiger partial charge on any atom is 0.238 e. The maximum absolute atomic E-state index is 11.4. The zero-order valence-electron chi connectivity index (χ0n) is 7.05. The lowest BCUT2D eigenvalue weighted by Gasteiger charge is -2.28. The summed E-state index contributed by atoms with van der Waals surface area (Å²) in [5.41, 5.74) is 0. The Morgan fingerprint density at radius 3 is 2.42 bits per heavy atom. The predicted molar refractivity (Wildman–Crippen MR) is 48.1 cm³/mol. The summed E-state index contributed by atoms with van der Waals surface area (Å²) in [5, 5.41) is 2.67. The third-order valence-electron chi connectivity index (χ3n) is 2.74. The van der Waals surface area contributed by atoms with Crippen molar-refractivity contribution in [2.45, 2.75) is 43.5 Å². The predicted octanol–water partition coefficient (Wildman–Crippen LogP) is 1.67. The Kier molecular flexibility index (Phi) is 2.26. The molecule has 0 aromatic rings. The Hall–Kier alpha value is -0.240. The van der Waals surface area contributed by atoms with Crippen LogP contribution >= 0.6 is 11.6 Å². The normalized spacial score (nSPS) is 26.1. The Morgan fingerprint density at radius 1 is 1.33 bits per heavy atom. The molecule has 0 heterocycles. The van der Waals surface area contributed by atoms with Gasteiger partial charge in [-0.1, -0.05) is 6.42 Å². The third-order valence-corrected chi connectivity index (χ3v) is 3.29. The first-order valence-corrected chi connectivity index (χ1v) is 5.15. The van der Waals surface area contributed by atoms with E-state index in [1.54, 1.807) is 0 Å². The molecule has 1 N–H and O–H groups in total. The van der Waals surface area contributed by atoms with Gasteiger partial charge in [0.1, 0.15) is 5.38 Å². The molecule has 2 nitrogen and oxygen atoms in total. The van der Waals surface area contributed by atoms with Gasteiger partial charge in [-0.05, 0) is 31.6 Å². The molecule has 1 atom stereocenters. The molecule has 3 heteroatoms. The number of halogens is 1. The van der Waals surface area contributed by atoms with E-state index in [1.165, 1.54) is 6.42 Å². The second-order valence-corrected chi connectivity index (χ2v) is 4.35. The summed E-state index contributed by atoms with van der Waals surface area (Å²) >= 11 is 5.99. The van der Waals surface area contributed by atoms with Gasteiger partial charge in [-0.25, -0.2) is 0 Å². The summed E-state index contributed by atoms with van der Waals surface area (Å²) in [4.78, 5) is 11.4. The smallest absolute Gasteiger partial charge is 0.238 e. The van der Waals surface area contributed by atoms with Crippen LogP contribution < -0.4 is 5.32 Å². The topological polar surface area (TPSA) is 29.1 Å². The van der Waals surface area contributed by atoms with Gasteiger partial charge in [0.15, 0.2) is 0 Å². The van der Waals surface area contributed by atoms with Crippen LogP contribution in [0.4, 0.5) is 0 Å². The van der Waals surface area contributed by atoms with Crippen LogP contribution in [0, 0.1) is 5.92 Å². The maximum atomic E-state index is 11.4. The molecular formula is C9H14ClNO. The molecule has 68 valence electrons. The number of carbonyl (C=O) groups excluding carboxylic acids is 1. The van der Waals surface area contributed by atoms with E-state index in [0.717, 1.165) is 25.7 Å². The minimum atomic E-state index is -0.264. The van der Waals surface area contributed by atoms with Crippen molar-refractivity contribution in [2.75, 3.05) is 0 Å². The Balaban J connectivity index is 1.76. The van der Waals surface area contributed by atoms with Crippen molar-refractivity contribution in [3.63, 3.8) is 0 Å². The summed E-state index contributed by atoms with van der Waals surface area (Å²) in [6.45, 7) is 0. The SMILES string of the molecule is O=C(NC1CC1)C(Cl)C1CCC1. The lowest BCUT2D eigenvalue weighted by atomic mass is 9.82. The second kappa shape index (κ2) is 3.25. The summed E-state index contributed by atoms with van der Waals surface area (Å²) in [6.07, 6.45) is 5.78. The van der Waals surface area contributed by atoms with Crippen LogP contribution in [0.25, 0.3) is 0 Å². The minimum Gasteiger partial charge on any atom is -0.352 e. The van der Waals surface area contributed by atoms with Crippen LogP contribution in [0.5, 0.6) is 0 Å². The number of carbonyl (C=O) groups is 1. The quantitative estimate of drug-likeness (QED) is 0.670. The van der Waals surface area contributed by atoms with E-state index in [2.05, 4.69) is 5.32 Å². The molecule has 2 aliphatic rings. The Morgan fingerprint density at radius 2 is 2.00 bits per heavy atom. The van der Waals surface area contributed by atoms with Crippen molar-refractivity contribution in [2.24, 2.45) is 5.92 Å². The molecule has 1 amide bonds. The van der Waals surface area contributed by atoms with Gasteiger partial charge in [-0.3, -0.25) is 4.79 Å². The first-order chi connectivity index (χ1) is 5.77. The highest BCUT2D eigenvalue weighted by Crippen LogP contribution is 2.33. The highest BCUT2D eigenvalue weighted by molar-refractivity contribution is 6.31. The highest BCUT2D eigenvalue weighted by Gasteiger charge is 2.33. The van der Waals surface area contributed by atoms with Crippen LogP contribution in [0.3, 0.4) is 0 Å². The van der Waals surface area contributed by atoms with Gasteiger partial charge in [0.2, 0.25) is 5.91 Å². The molecule has 0 aliphatic heterocycles. The van der Waals surface area contributed by atoms with E-state index in [4.69, 9.17) is 11.6 Å². The minimum absolute atomic E-state index is 0.0591. The number of hydrogen-bond acceptors (Lipinski definition) is 1. The zero-order valence-corrected chi connectivity index (χ0v) is 7.81. The van der Waals surface area contributed by atoms with Gasteiger partial charge in [0, 0.05) is 6.04 Å². The first-order valence-electron chi connectivity index (χ1n) is 4.72. The molecule has 12 heavy (non-hydrogen) atoms. The fourth-order valence-electron chi connectivity index (χ4n) is 1.46. The van der Waals surface area contributed by atoms with E-state index in [9.17, 15) is 4.79 Å². The summed E-state index contributed by atoms with van der Waals surface area (Å²) in [5.74, 6) is 0.509. The van der Waals surface area contributed by atoms with Crippen molar-refractivity contribution in [1.82, 2.24) is 5.32 Å². The standard InChI is InChI=1S/C9H14ClNO/c10-8(6-2-1-3-6)9(12)11-7-4-5-7/h6-8H,1-5H2,(H,11,12). The Bertz CT molecular complexity index is 187. The number of amides is 1. The zero-order chi connectivity index (χ0) is 8.55. The van der Waals surface area contributed by atoms with E-state index >= 15 is 0 Å². The van der Waals surface area contributed by atoms with Gasteiger partial charge < -0.3 is 5.32 Å². The second-order valence-electron chi connectivity index (χ2n) is 3.88. The summed E-state index contributed by atoms with van der Waals surface area (Å²) < 4.78 is 0. The summed E-state index contributed by atoms with van der Waals surface area (Å²) in [7, 11) is 0. The fourth-order valence-corrected chi connectivity index (χ4v) is 1.77. The van der Waals surface area contributed by atoms with Gasteiger partial charge in [0.05, 0.1) is 0 Å². The molecule has 2 aliphatic carbocycles. The molecule has 2 rings (SSSR count). The molecule has 0 radical (unpaired) electrons. The van der Waals surface area contributed by atoms with Crippen LogP contribution in [0.15, 0.2) is 0 Å². The molecular weight excluding hydrogens is 174 g/mol. The van der Waals surface area contributed by atoms with Crippen LogP contribution in [0.2, 0.25) is 0 Å². The van der Waals surface area contributed by atoms with Crippen molar-refractivity contribution < 1.29 is 4.79 Å². The van der Waals surface area contributed by atoms with Crippen molar-refractivity contribution in [1.29, 1.82) is 0 Å². The molecule has 0 aromatic carbocycles. The van der Waals surface area contributed by atoms with Gasteiger partial charge >= 0.3 is 0 Å². The average Bonchev–Trinajstić information content (AvgIpc) is 2.67. The van der Waals surface area contributed by atoms with Crippen molar-refractivity contribution in [3.05, 3.63) is 0 Å². The van der Waals surface area contributed by atoms with Gasteiger partial charge in [0.25, 0.3) is 0 Å². The van der Waals surface area contributed by atoms with Gasteiger partial charge in [-0.2, -0.15) is 0 Å². The molecule has 1 unspecified atom stereocenters. The van der Waals surface area contributed by atoms with E-state index in [1.807, 2.05) is 0 Å². The lowest BCUT2D eigenvalue weighted by molar-refractivity contribution is -0.122. The van der Waals surface area contributed by atoms with E-state index in [-0.39, 0.29) is 11.3 Å². The van der Waals surface area contributed by atoms with E-state index in [0.29, 0.717) is 12.0 Å². The molecule has 0 bridgehead atoms. The summed E-state index contributed by atoms with van der Waals surface area (Å²) in [6, 6.07) is 0.443. The fraction of sp³-hybridized carbons (Fsp3) is 0.889. The Labute approximate surface area is 77.7 Å². The largest absolute Gasteiger partial charge is 0.352 e. The molecule has 0 spiro atoms. The first kappa shape index (κ1) is 8.36. The van der Waals surface area contributed by atoms with E-state index < -0.39 is 0 Å². The van der Waals surface area contributed by atoms with Crippen molar-refractivity contribution in [3.8, 4) is 0 Å². The number of alkyl halides is 1. The average molecular weight is 188 g/mol. The van der Waals surface area contributed by atoms with Crippen LogP contribution in [0.1, 0.15) is 32.1 Å². The molecule has 2 saturated carbocycles. The monoisotopic (exact) mass is 187 g/mol. The number of nitrogens with one attached hydrogen (secondary N) is 1. The van der Waals surface area contributed by atoms with Crippen LogP contribution in [-0.4, -0.2) is 17.3 Å². The molecule has 0 aromatic heterocycles.